The molecule has 1 heterocycles. The summed E-state index contributed by atoms with van der Waals surface area (Å²) < 4.78 is 19.3. The Morgan fingerprint density at radius 2 is 1.94 bits per heavy atom. The van der Waals surface area contributed by atoms with Gasteiger partial charge in [0.1, 0.15) is 11.6 Å². The number of halogens is 1. The van der Waals surface area contributed by atoms with Crippen LogP contribution in [0.5, 0.6) is 5.75 Å². The average Bonchev–Trinajstić information content (AvgIpc) is 2.40. The van der Waals surface area contributed by atoms with E-state index in [9.17, 15) is 4.39 Å². The van der Waals surface area contributed by atoms with Crippen LogP contribution in [0.3, 0.4) is 0 Å². The fourth-order valence-corrected chi connectivity index (χ4v) is 1.62. The van der Waals surface area contributed by atoms with Crippen LogP contribution in [-0.2, 0) is 0 Å². The van der Waals surface area contributed by atoms with Crippen LogP contribution >= 0.6 is 0 Å². The monoisotopic (exact) mass is 246 g/mol. The molecule has 0 saturated heterocycles. The smallest absolute Gasteiger partial charge is 0.134 e. The predicted octanol–water partition coefficient (Wildman–Crippen LogP) is 2.62. The molecule has 3 nitrogen and oxygen atoms in total. The summed E-state index contributed by atoms with van der Waals surface area (Å²) in [5.74, 6) is 0.227. The van der Waals surface area contributed by atoms with Crippen molar-refractivity contribution in [1.29, 1.82) is 0 Å². The molecule has 1 aromatic heterocycles. The van der Waals surface area contributed by atoms with Crippen LogP contribution in [-0.4, -0.2) is 18.1 Å². The molecule has 2 rings (SSSR count). The number of pyridine rings is 1. The summed E-state index contributed by atoms with van der Waals surface area (Å²) >= 11 is 0. The molecule has 0 saturated carbocycles. The van der Waals surface area contributed by atoms with E-state index in [1.54, 1.807) is 36.7 Å². The highest BCUT2D eigenvalue weighted by molar-refractivity contribution is 5.64. The van der Waals surface area contributed by atoms with Crippen molar-refractivity contribution in [2.45, 2.75) is 6.42 Å². The summed E-state index contributed by atoms with van der Waals surface area (Å²) in [5, 5.41) is 0. The molecule has 94 valence electrons. The van der Waals surface area contributed by atoms with Crippen LogP contribution in [0.15, 0.2) is 42.7 Å². The average molecular weight is 246 g/mol. The first kappa shape index (κ1) is 12.5. The molecule has 0 amide bonds. The van der Waals surface area contributed by atoms with Gasteiger partial charge in [0.2, 0.25) is 0 Å². The first-order chi connectivity index (χ1) is 8.81. The summed E-state index contributed by atoms with van der Waals surface area (Å²) in [4.78, 5) is 3.91. The number of nitrogens with two attached hydrogens (primary N) is 1. The molecule has 18 heavy (non-hydrogen) atoms. The summed E-state index contributed by atoms with van der Waals surface area (Å²) in [6.45, 7) is 1.07. The van der Waals surface area contributed by atoms with Crippen LogP contribution in [0.4, 0.5) is 4.39 Å². The van der Waals surface area contributed by atoms with Gasteiger partial charge < -0.3 is 10.5 Å². The number of ether oxygens (including phenoxy) is 1. The maximum atomic E-state index is 13.9. The molecular weight excluding hydrogens is 231 g/mol. The Bertz CT molecular complexity index is 502. The van der Waals surface area contributed by atoms with Gasteiger partial charge in [-0.1, -0.05) is 0 Å². The van der Waals surface area contributed by atoms with E-state index in [2.05, 4.69) is 4.98 Å². The standard InChI is InChI=1S/C14H15FN2O/c15-14-10-12(18-9-1-6-16)2-3-13(14)11-4-7-17-8-5-11/h2-5,7-8,10H,1,6,9,16H2. The zero-order valence-electron chi connectivity index (χ0n) is 9.97. The van der Waals surface area contributed by atoms with E-state index in [0.29, 0.717) is 24.5 Å². The first-order valence-corrected chi connectivity index (χ1v) is 5.84. The van der Waals surface area contributed by atoms with E-state index in [0.717, 1.165) is 12.0 Å². The lowest BCUT2D eigenvalue weighted by molar-refractivity contribution is 0.312. The largest absolute Gasteiger partial charge is 0.493 e. The van der Waals surface area contributed by atoms with Crippen molar-refractivity contribution >= 4 is 0 Å². The maximum absolute atomic E-state index is 13.9. The number of hydrogen-bond acceptors (Lipinski definition) is 3. The third-order valence-corrected chi connectivity index (χ3v) is 2.55. The number of hydrogen-bond donors (Lipinski definition) is 1. The van der Waals surface area contributed by atoms with Crippen molar-refractivity contribution in [3.05, 3.63) is 48.5 Å². The van der Waals surface area contributed by atoms with E-state index < -0.39 is 0 Å². The summed E-state index contributed by atoms with van der Waals surface area (Å²) in [6.07, 6.45) is 4.04. The van der Waals surface area contributed by atoms with Crippen molar-refractivity contribution in [3.63, 3.8) is 0 Å². The molecule has 0 aliphatic heterocycles. The van der Waals surface area contributed by atoms with Gasteiger partial charge in [0.25, 0.3) is 0 Å². The molecular formula is C14H15FN2O. The van der Waals surface area contributed by atoms with Gasteiger partial charge in [-0.2, -0.15) is 0 Å². The normalized spacial score (nSPS) is 10.3. The summed E-state index contributed by atoms with van der Waals surface area (Å²) in [6, 6.07) is 8.41. The van der Waals surface area contributed by atoms with E-state index in [-0.39, 0.29) is 5.82 Å². The minimum absolute atomic E-state index is 0.300. The SMILES string of the molecule is NCCCOc1ccc(-c2ccncc2)c(F)c1. The lowest BCUT2D eigenvalue weighted by Gasteiger charge is -2.08. The van der Waals surface area contributed by atoms with Crippen LogP contribution < -0.4 is 10.5 Å². The Morgan fingerprint density at radius 3 is 2.61 bits per heavy atom. The first-order valence-electron chi connectivity index (χ1n) is 5.84. The van der Waals surface area contributed by atoms with E-state index in [1.165, 1.54) is 6.07 Å². The molecule has 0 atom stereocenters. The molecule has 0 aliphatic carbocycles. The molecule has 0 bridgehead atoms. The highest BCUT2D eigenvalue weighted by Gasteiger charge is 2.06. The molecule has 0 unspecified atom stereocenters. The van der Waals surface area contributed by atoms with Gasteiger partial charge in [0, 0.05) is 24.0 Å². The quantitative estimate of drug-likeness (QED) is 0.825. The van der Waals surface area contributed by atoms with Crippen molar-refractivity contribution in [1.82, 2.24) is 4.98 Å². The zero-order valence-corrected chi connectivity index (χ0v) is 9.97. The van der Waals surface area contributed by atoms with Gasteiger partial charge in [0.15, 0.2) is 0 Å². The van der Waals surface area contributed by atoms with E-state index >= 15 is 0 Å². The molecule has 0 spiro atoms. The fourth-order valence-electron chi connectivity index (χ4n) is 1.62. The molecule has 2 aromatic rings. The number of rotatable bonds is 5. The van der Waals surface area contributed by atoms with E-state index in [1.807, 2.05) is 0 Å². The Morgan fingerprint density at radius 1 is 1.17 bits per heavy atom. The van der Waals surface area contributed by atoms with Gasteiger partial charge in [-0.3, -0.25) is 4.98 Å². The highest BCUT2D eigenvalue weighted by atomic mass is 19.1. The highest BCUT2D eigenvalue weighted by Crippen LogP contribution is 2.25. The number of aromatic nitrogens is 1. The molecule has 0 fully saturated rings. The van der Waals surface area contributed by atoms with Gasteiger partial charge in [-0.25, -0.2) is 4.39 Å². The Labute approximate surface area is 105 Å². The number of benzene rings is 1. The van der Waals surface area contributed by atoms with Crippen LogP contribution in [0, 0.1) is 5.82 Å². The number of nitrogens with zero attached hydrogens (tertiary/aromatic N) is 1. The molecule has 0 aliphatic rings. The molecule has 2 N–H and O–H groups in total. The van der Waals surface area contributed by atoms with Crippen molar-refractivity contribution < 1.29 is 9.13 Å². The van der Waals surface area contributed by atoms with Gasteiger partial charge >= 0.3 is 0 Å². The Kier molecular flexibility index (Phi) is 4.25. The lowest BCUT2D eigenvalue weighted by Crippen LogP contribution is -2.06. The Balaban J connectivity index is 2.15. The van der Waals surface area contributed by atoms with Gasteiger partial charge in [0.05, 0.1) is 6.61 Å². The minimum atomic E-state index is -0.300. The predicted molar refractivity (Wildman–Crippen MR) is 68.8 cm³/mol. The third kappa shape index (κ3) is 3.05. The van der Waals surface area contributed by atoms with Crippen LogP contribution in [0.2, 0.25) is 0 Å². The van der Waals surface area contributed by atoms with Crippen molar-refractivity contribution in [2.75, 3.05) is 13.2 Å². The van der Waals surface area contributed by atoms with E-state index in [4.69, 9.17) is 10.5 Å². The summed E-state index contributed by atoms with van der Waals surface area (Å²) in [5.41, 5.74) is 6.71. The lowest BCUT2D eigenvalue weighted by atomic mass is 10.1. The van der Waals surface area contributed by atoms with Crippen LogP contribution in [0.1, 0.15) is 6.42 Å². The third-order valence-electron chi connectivity index (χ3n) is 2.55. The second-order valence-corrected chi connectivity index (χ2v) is 3.87. The summed E-state index contributed by atoms with van der Waals surface area (Å²) in [7, 11) is 0. The maximum Gasteiger partial charge on any atom is 0.134 e. The van der Waals surface area contributed by atoms with Crippen molar-refractivity contribution in [2.24, 2.45) is 5.73 Å². The topological polar surface area (TPSA) is 48.1 Å². The fraction of sp³-hybridized carbons (Fsp3) is 0.214. The molecule has 4 heteroatoms. The van der Waals surface area contributed by atoms with Crippen molar-refractivity contribution in [3.8, 4) is 16.9 Å². The van der Waals surface area contributed by atoms with Crippen LogP contribution in [0.25, 0.3) is 11.1 Å². The second kappa shape index (κ2) is 6.12. The molecule has 0 radical (unpaired) electrons. The van der Waals surface area contributed by atoms with Gasteiger partial charge in [-0.05, 0) is 42.8 Å². The zero-order chi connectivity index (χ0) is 12.8. The minimum Gasteiger partial charge on any atom is -0.493 e. The second-order valence-electron chi connectivity index (χ2n) is 3.87. The Hall–Kier alpha value is -1.94. The van der Waals surface area contributed by atoms with Gasteiger partial charge in [-0.15, -0.1) is 0 Å². The molecule has 1 aromatic carbocycles.